The maximum absolute atomic E-state index is 12.4. The molecular formula is C21H26ClN3O4S. The van der Waals surface area contributed by atoms with Gasteiger partial charge in [-0.05, 0) is 48.7 Å². The van der Waals surface area contributed by atoms with Crippen LogP contribution in [0.4, 0.5) is 11.4 Å². The third-order valence-electron chi connectivity index (χ3n) is 5.01. The van der Waals surface area contributed by atoms with Gasteiger partial charge >= 0.3 is 0 Å². The van der Waals surface area contributed by atoms with Gasteiger partial charge in [-0.3, -0.25) is 9.10 Å². The Balaban J connectivity index is 1.63. The molecule has 0 aromatic heterocycles. The fourth-order valence-corrected chi connectivity index (χ4v) is 4.50. The number of amides is 1. The van der Waals surface area contributed by atoms with E-state index in [4.69, 9.17) is 16.3 Å². The van der Waals surface area contributed by atoms with Crippen LogP contribution in [0.25, 0.3) is 0 Å². The summed E-state index contributed by atoms with van der Waals surface area (Å²) < 4.78 is 30.6. The van der Waals surface area contributed by atoms with Crippen molar-refractivity contribution in [3.63, 3.8) is 0 Å². The van der Waals surface area contributed by atoms with Gasteiger partial charge in [-0.15, -0.1) is 0 Å². The SMILES string of the molecule is COc1ccc(N(CC(=O)NCc2ccc(N3CCCC3)cc2)S(C)(=O)=O)cc1Cl. The Morgan fingerprint density at radius 3 is 2.40 bits per heavy atom. The lowest BCUT2D eigenvalue weighted by atomic mass is 10.2. The van der Waals surface area contributed by atoms with E-state index in [0.29, 0.717) is 18.0 Å². The Kier molecular flexibility index (Phi) is 7.10. The van der Waals surface area contributed by atoms with E-state index in [1.807, 2.05) is 12.1 Å². The molecule has 0 atom stereocenters. The summed E-state index contributed by atoms with van der Waals surface area (Å²) >= 11 is 6.11. The Bertz CT molecular complexity index is 990. The van der Waals surface area contributed by atoms with Gasteiger partial charge in [-0.25, -0.2) is 8.42 Å². The average molecular weight is 452 g/mol. The summed E-state index contributed by atoms with van der Waals surface area (Å²) in [5, 5.41) is 3.05. The monoisotopic (exact) mass is 451 g/mol. The summed E-state index contributed by atoms with van der Waals surface area (Å²) in [7, 11) is -2.21. The van der Waals surface area contributed by atoms with Gasteiger partial charge in [0.2, 0.25) is 15.9 Å². The van der Waals surface area contributed by atoms with Crippen LogP contribution in [0.5, 0.6) is 5.75 Å². The Labute approximate surface area is 182 Å². The van der Waals surface area contributed by atoms with Crippen molar-refractivity contribution in [2.24, 2.45) is 0 Å². The van der Waals surface area contributed by atoms with Gasteiger partial charge in [0.1, 0.15) is 12.3 Å². The Morgan fingerprint density at radius 1 is 1.17 bits per heavy atom. The highest BCUT2D eigenvalue weighted by Crippen LogP contribution is 2.30. The number of carbonyl (C=O) groups is 1. The highest BCUT2D eigenvalue weighted by molar-refractivity contribution is 7.92. The van der Waals surface area contributed by atoms with Crippen molar-refractivity contribution in [3.05, 3.63) is 53.1 Å². The number of hydrogen-bond donors (Lipinski definition) is 1. The number of methoxy groups -OCH3 is 1. The highest BCUT2D eigenvalue weighted by Gasteiger charge is 2.22. The zero-order chi connectivity index (χ0) is 21.7. The van der Waals surface area contributed by atoms with Gasteiger partial charge in [0.25, 0.3) is 0 Å². The average Bonchev–Trinajstić information content (AvgIpc) is 3.25. The van der Waals surface area contributed by atoms with Crippen molar-refractivity contribution < 1.29 is 17.9 Å². The van der Waals surface area contributed by atoms with Crippen molar-refractivity contribution in [2.75, 3.05) is 42.2 Å². The van der Waals surface area contributed by atoms with E-state index in [-0.39, 0.29) is 11.6 Å². The number of hydrogen-bond acceptors (Lipinski definition) is 5. The lowest BCUT2D eigenvalue weighted by molar-refractivity contribution is -0.119. The van der Waals surface area contributed by atoms with Crippen LogP contribution in [0, 0.1) is 0 Å². The molecule has 0 radical (unpaired) electrons. The van der Waals surface area contributed by atoms with E-state index in [9.17, 15) is 13.2 Å². The fraction of sp³-hybridized carbons (Fsp3) is 0.381. The predicted molar refractivity (Wildman–Crippen MR) is 120 cm³/mol. The minimum atomic E-state index is -3.68. The number of rotatable bonds is 8. The number of anilines is 2. The van der Waals surface area contributed by atoms with Gasteiger partial charge in [-0.2, -0.15) is 0 Å². The molecule has 0 aliphatic carbocycles. The van der Waals surface area contributed by atoms with E-state index in [1.54, 1.807) is 12.1 Å². The lowest BCUT2D eigenvalue weighted by Gasteiger charge is -2.22. The summed E-state index contributed by atoms with van der Waals surface area (Å²) in [5.41, 5.74) is 2.43. The van der Waals surface area contributed by atoms with Crippen LogP contribution in [-0.4, -0.2) is 47.3 Å². The summed E-state index contributed by atoms with van der Waals surface area (Å²) in [6.45, 7) is 2.13. The third-order valence-corrected chi connectivity index (χ3v) is 6.44. The summed E-state index contributed by atoms with van der Waals surface area (Å²) in [6.07, 6.45) is 3.48. The molecule has 3 rings (SSSR count). The van der Waals surface area contributed by atoms with Gasteiger partial charge in [0, 0.05) is 25.3 Å². The van der Waals surface area contributed by atoms with Crippen LogP contribution in [0.3, 0.4) is 0 Å². The second-order valence-electron chi connectivity index (χ2n) is 7.23. The maximum Gasteiger partial charge on any atom is 0.241 e. The number of nitrogens with one attached hydrogen (secondary N) is 1. The molecule has 0 bridgehead atoms. The number of benzene rings is 2. The molecule has 2 aromatic rings. The van der Waals surface area contributed by atoms with E-state index in [1.165, 1.54) is 31.7 Å². The minimum absolute atomic E-state index is 0.266. The number of carbonyl (C=O) groups excluding carboxylic acids is 1. The Morgan fingerprint density at radius 2 is 1.83 bits per heavy atom. The van der Waals surface area contributed by atoms with Crippen LogP contribution in [0.15, 0.2) is 42.5 Å². The standard InChI is InChI=1S/C21H26ClN3O4S/c1-29-20-10-9-18(13-19(20)22)25(30(2,27)28)15-21(26)23-14-16-5-7-17(8-6-16)24-11-3-4-12-24/h5-10,13H,3-4,11-12,14-15H2,1-2H3,(H,23,26). The summed E-state index contributed by atoms with van der Waals surface area (Å²) in [5.74, 6) is 0.0201. The predicted octanol–water partition coefficient (Wildman–Crippen LogP) is 3.03. The second-order valence-corrected chi connectivity index (χ2v) is 9.54. The van der Waals surface area contributed by atoms with Crippen molar-refractivity contribution in [1.82, 2.24) is 5.32 Å². The van der Waals surface area contributed by atoms with Crippen molar-refractivity contribution in [2.45, 2.75) is 19.4 Å². The van der Waals surface area contributed by atoms with Gasteiger partial charge < -0.3 is 15.0 Å². The van der Waals surface area contributed by atoms with E-state index in [2.05, 4.69) is 22.3 Å². The van der Waals surface area contributed by atoms with Crippen LogP contribution in [0.1, 0.15) is 18.4 Å². The third kappa shape index (κ3) is 5.58. The van der Waals surface area contributed by atoms with Crippen molar-refractivity contribution in [1.29, 1.82) is 0 Å². The van der Waals surface area contributed by atoms with E-state index >= 15 is 0 Å². The minimum Gasteiger partial charge on any atom is -0.495 e. The topological polar surface area (TPSA) is 79.0 Å². The van der Waals surface area contributed by atoms with Crippen LogP contribution in [0.2, 0.25) is 5.02 Å². The summed E-state index contributed by atoms with van der Waals surface area (Å²) in [6, 6.07) is 12.6. The van der Waals surface area contributed by atoms with E-state index < -0.39 is 15.9 Å². The molecule has 1 fully saturated rings. The second kappa shape index (κ2) is 9.57. The quantitative estimate of drug-likeness (QED) is 0.667. The summed E-state index contributed by atoms with van der Waals surface area (Å²) in [4.78, 5) is 14.8. The van der Waals surface area contributed by atoms with Gasteiger partial charge in [-0.1, -0.05) is 23.7 Å². The zero-order valence-electron chi connectivity index (χ0n) is 17.1. The first-order valence-corrected chi connectivity index (χ1v) is 11.9. The molecular weight excluding hydrogens is 426 g/mol. The van der Waals surface area contributed by atoms with Gasteiger partial charge in [0.15, 0.2) is 0 Å². The van der Waals surface area contributed by atoms with Crippen LogP contribution >= 0.6 is 11.6 Å². The molecule has 30 heavy (non-hydrogen) atoms. The molecule has 0 spiro atoms. The molecule has 1 heterocycles. The molecule has 0 unspecified atom stereocenters. The molecule has 1 amide bonds. The molecule has 9 heteroatoms. The fourth-order valence-electron chi connectivity index (χ4n) is 3.40. The molecule has 162 valence electrons. The zero-order valence-corrected chi connectivity index (χ0v) is 18.7. The largest absolute Gasteiger partial charge is 0.495 e. The molecule has 1 saturated heterocycles. The number of sulfonamides is 1. The van der Waals surface area contributed by atoms with E-state index in [0.717, 1.165) is 29.2 Å². The normalized spacial score (nSPS) is 13.9. The highest BCUT2D eigenvalue weighted by atomic mass is 35.5. The molecule has 1 N–H and O–H groups in total. The molecule has 2 aromatic carbocycles. The maximum atomic E-state index is 12.4. The first kappa shape index (κ1) is 22.2. The van der Waals surface area contributed by atoms with Crippen LogP contribution in [-0.2, 0) is 21.4 Å². The molecule has 0 saturated carbocycles. The molecule has 7 nitrogen and oxygen atoms in total. The van der Waals surface area contributed by atoms with Gasteiger partial charge in [0.05, 0.1) is 24.1 Å². The number of ether oxygens (including phenoxy) is 1. The number of halogens is 1. The Hall–Kier alpha value is -2.45. The van der Waals surface area contributed by atoms with Crippen molar-refractivity contribution in [3.8, 4) is 5.75 Å². The first-order chi connectivity index (χ1) is 14.3. The van der Waals surface area contributed by atoms with Crippen molar-refractivity contribution >= 4 is 38.9 Å². The van der Waals surface area contributed by atoms with Crippen LogP contribution < -0.4 is 19.3 Å². The lowest BCUT2D eigenvalue weighted by Crippen LogP contribution is -2.40. The molecule has 1 aliphatic rings. The molecule has 1 aliphatic heterocycles. The first-order valence-electron chi connectivity index (χ1n) is 9.70. The smallest absolute Gasteiger partial charge is 0.241 e. The number of nitrogens with zero attached hydrogens (tertiary/aromatic N) is 2.